The molecule has 0 radical (unpaired) electrons. The SMILES string of the molecule is CC1(C)CSCC(Nc2ccccc2C(=O)O)C1. The van der Waals surface area contributed by atoms with Gasteiger partial charge in [0.2, 0.25) is 0 Å². The summed E-state index contributed by atoms with van der Waals surface area (Å²) in [4.78, 5) is 11.1. The third-order valence-corrected chi connectivity index (χ3v) is 4.75. The summed E-state index contributed by atoms with van der Waals surface area (Å²) in [5.41, 5.74) is 1.40. The van der Waals surface area contributed by atoms with Gasteiger partial charge in [0.25, 0.3) is 0 Å². The van der Waals surface area contributed by atoms with Crippen LogP contribution in [0.25, 0.3) is 0 Å². The zero-order chi connectivity index (χ0) is 13.2. The van der Waals surface area contributed by atoms with Crippen LogP contribution in [0, 0.1) is 5.41 Å². The number of hydrogen-bond acceptors (Lipinski definition) is 3. The van der Waals surface area contributed by atoms with E-state index >= 15 is 0 Å². The van der Waals surface area contributed by atoms with Gasteiger partial charge in [-0.25, -0.2) is 4.79 Å². The van der Waals surface area contributed by atoms with Crippen molar-refractivity contribution in [3.63, 3.8) is 0 Å². The molecule has 1 atom stereocenters. The molecule has 2 rings (SSSR count). The fourth-order valence-corrected chi connectivity index (χ4v) is 3.64. The van der Waals surface area contributed by atoms with Gasteiger partial charge in [-0.2, -0.15) is 11.8 Å². The molecule has 1 heterocycles. The number of carbonyl (C=O) groups is 1. The lowest BCUT2D eigenvalue weighted by atomic mass is 9.87. The normalized spacial score (nSPS) is 22.4. The Morgan fingerprint density at radius 1 is 1.44 bits per heavy atom. The Balaban J connectivity index is 2.12. The highest BCUT2D eigenvalue weighted by molar-refractivity contribution is 7.99. The largest absolute Gasteiger partial charge is 0.478 e. The van der Waals surface area contributed by atoms with Gasteiger partial charge in [0.05, 0.1) is 5.56 Å². The van der Waals surface area contributed by atoms with Crippen molar-refractivity contribution in [3.8, 4) is 0 Å². The molecule has 98 valence electrons. The Kier molecular flexibility index (Phi) is 3.85. The fraction of sp³-hybridized carbons (Fsp3) is 0.500. The van der Waals surface area contributed by atoms with Gasteiger partial charge in [0.15, 0.2) is 0 Å². The van der Waals surface area contributed by atoms with E-state index in [0.717, 1.165) is 17.9 Å². The number of rotatable bonds is 3. The minimum Gasteiger partial charge on any atom is -0.478 e. The van der Waals surface area contributed by atoms with Gasteiger partial charge < -0.3 is 10.4 Å². The van der Waals surface area contributed by atoms with Crippen LogP contribution in [0.4, 0.5) is 5.69 Å². The summed E-state index contributed by atoms with van der Waals surface area (Å²) in [6.45, 7) is 4.52. The first-order valence-electron chi connectivity index (χ1n) is 6.14. The predicted molar refractivity (Wildman–Crippen MR) is 76.5 cm³/mol. The fourth-order valence-electron chi connectivity index (χ4n) is 2.37. The van der Waals surface area contributed by atoms with Crippen LogP contribution in [0.2, 0.25) is 0 Å². The van der Waals surface area contributed by atoms with Crippen molar-refractivity contribution in [2.75, 3.05) is 16.8 Å². The van der Waals surface area contributed by atoms with E-state index in [9.17, 15) is 4.79 Å². The van der Waals surface area contributed by atoms with E-state index in [1.165, 1.54) is 5.75 Å². The first-order chi connectivity index (χ1) is 8.48. The Bertz CT molecular complexity index is 445. The van der Waals surface area contributed by atoms with Gasteiger partial charge >= 0.3 is 5.97 Å². The van der Waals surface area contributed by atoms with Gasteiger partial charge in [0, 0.05) is 17.5 Å². The molecular formula is C14H19NO2S. The van der Waals surface area contributed by atoms with E-state index in [2.05, 4.69) is 19.2 Å². The number of carboxylic acids is 1. The predicted octanol–water partition coefficient (Wildman–Crippen LogP) is 3.33. The molecular weight excluding hydrogens is 246 g/mol. The second-order valence-corrected chi connectivity index (χ2v) is 6.61. The Morgan fingerprint density at radius 3 is 2.83 bits per heavy atom. The van der Waals surface area contributed by atoms with Crippen molar-refractivity contribution in [1.82, 2.24) is 0 Å². The Morgan fingerprint density at radius 2 is 2.17 bits per heavy atom. The molecule has 0 saturated carbocycles. The van der Waals surface area contributed by atoms with Crippen molar-refractivity contribution in [2.45, 2.75) is 26.3 Å². The molecule has 1 saturated heterocycles. The van der Waals surface area contributed by atoms with E-state index in [0.29, 0.717) is 17.0 Å². The summed E-state index contributed by atoms with van der Waals surface area (Å²) in [6, 6.07) is 7.46. The van der Waals surface area contributed by atoms with Crippen LogP contribution in [0.5, 0.6) is 0 Å². The van der Waals surface area contributed by atoms with E-state index in [1.807, 2.05) is 23.9 Å². The molecule has 1 aliphatic rings. The second kappa shape index (κ2) is 5.22. The average Bonchev–Trinajstić information content (AvgIpc) is 2.28. The van der Waals surface area contributed by atoms with Gasteiger partial charge in [-0.15, -0.1) is 0 Å². The van der Waals surface area contributed by atoms with Crippen LogP contribution in [0.3, 0.4) is 0 Å². The summed E-state index contributed by atoms with van der Waals surface area (Å²) >= 11 is 1.93. The third kappa shape index (κ3) is 3.19. The summed E-state index contributed by atoms with van der Waals surface area (Å²) < 4.78 is 0. The van der Waals surface area contributed by atoms with Crippen LogP contribution < -0.4 is 5.32 Å². The number of carboxylic acid groups (broad SMARTS) is 1. The number of para-hydroxylation sites is 1. The van der Waals surface area contributed by atoms with Gasteiger partial charge in [-0.3, -0.25) is 0 Å². The maximum atomic E-state index is 11.1. The summed E-state index contributed by atoms with van der Waals surface area (Å²) in [5.74, 6) is 1.34. The molecule has 0 bridgehead atoms. The number of aromatic carboxylic acids is 1. The molecule has 4 heteroatoms. The van der Waals surface area contributed by atoms with E-state index < -0.39 is 5.97 Å². The zero-order valence-electron chi connectivity index (χ0n) is 10.8. The molecule has 0 amide bonds. The standard InChI is InChI=1S/C14H19NO2S/c1-14(2)7-10(8-18-9-14)15-12-6-4-3-5-11(12)13(16)17/h3-6,10,15H,7-9H2,1-2H3,(H,16,17). The van der Waals surface area contributed by atoms with Crippen LogP contribution in [-0.2, 0) is 0 Å². The monoisotopic (exact) mass is 265 g/mol. The zero-order valence-corrected chi connectivity index (χ0v) is 11.6. The molecule has 1 aromatic rings. The highest BCUT2D eigenvalue weighted by Gasteiger charge is 2.28. The maximum Gasteiger partial charge on any atom is 0.337 e. The average molecular weight is 265 g/mol. The van der Waals surface area contributed by atoms with E-state index in [4.69, 9.17) is 5.11 Å². The van der Waals surface area contributed by atoms with Crippen molar-refractivity contribution < 1.29 is 9.90 Å². The van der Waals surface area contributed by atoms with Gasteiger partial charge in [-0.05, 0) is 29.7 Å². The van der Waals surface area contributed by atoms with Crippen LogP contribution in [0.1, 0.15) is 30.6 Å². The lowest BCUT2D eigenvalue weighted by molar-refractivity contribution is 0.0698. The molecule has 0 spiro atoms. The summed E-state index contributed by atoms with van der Waals surface area (Å²) in [5, 5.41) is 12.5. The maximum absolute atomic E-state index is 11.1. The number of nitrogens with one attached hydrogen (secondary N) is 1. The first kappa shape index (κ1) is 13.3. The molecule has 18 heavy (non-hydrogen) atoms. The van der Waals surface area contributed by atoms with E-state index in [-0.39, 0.29) is 0 Å². The van der Waals surface area contributed by atoms with Crippen molar-refractivity contribution in [2.24, 2.45) is 5.41 Å². The molecule has 2 N–H and O–H groups in total. The van der Waals surface area contributed by atoms with Crippen molar-refractivity contribution >= 4 is 23.4 Å². The van der Waals surface area contributed by atoms with Gasteiger partial charge in [-0.1, -0.05) is 26.0 Å². The lowest BCUT2D eigenvalue weighted by Gasteiger charge is -2.35. The minimum atomic E-state index is -0.874. The molecule has 1 aromatic carbocycles. The topological polar surface area (TPSA) is 49.3 Å². The van der Waals surface area contributed by atoms with Crippen LogP contribution >= 0.6 is 11.8 Å². The summed E-state index contributed by atoms with van der Waals surface area (Å²) in [7, 11) is 0. The molecule has 0 aliphatic carbocycles. The minimum absolute atomic E-state index is 0.318. The quantitative estimate of drug-likeness (QED) is 0.880. The molecule has 1 aliphatic heterocycles. The molecule has 0 aromatic heterocycles. The van der Waals surface area contributed by atoms with Crippen molar-refractivity contribution in [1.29, 1.82) is 0 Å². The molecule has 1 fully saturated rings. The number of hydrogen-bond donors (Lipinski definition) is 2. The smallest absolute Gasteiger partial charge is 0.337 e. The third-order valence-electron chi connectivity index (χ3n) is 3.13. The number of benzene rings is 1. The first-order valence-corrected chi connectivity index (χ1v) is 7.30. The molecule has 1 unspecified atom stereocenters. The number of thioether (sulfide) groups is 1. The highest BCUT2D eigenvalue weighted by atomic mass is 32.2. The summed E-state index contributed by atoms with van der Waals surface area (Å²) in [6.07, 6.45) is 1.08. The van der Waals surface area contributed by atoms with Gasteiger partial charge in [0.1, 0.15) is 0 Å². The lowest BCUT2D eigenvalue weighted by Crippen LogP contribution is -2.35. The van der Waals surface area contributed by atoms with Crippen LogP contribution in [-0.4, -0.2) is 28.6 Å². The second-order valence-electron chi connectivity index (χ2n) is 5.58. The molecule has 3 nitrogen and oxygen atoms in total. The highest BCUT2D eigenvalue weighted by Crippen LogP contribution is 2.35. The van der Waals surface area contributed by atoms with Crippen molar-refractivity contribution in [3.05, 3.63) is 29.8 Å². The Hall–Kier alpha value is -1.16. The van der Waals surface area contributed by atoms with Crippen LogP contribution in [0.15, 0.2) is 24.3 Å². The Labute approximate surface area is 112 Å². The number of anilines is 1. The van der Waals surface area contributed by atoms with E-state index in [1.54, 1.807) is 12.1 Å².